The summed E-state index contributed by atoms with van der Waals surface area (Å²) >= 11 is 0. The second-order valence-electron chi connectivity index (χ2n) is 4.21. The van der Waals surface area contributed by atoms with Crippen molar-refractivity contribution in [2.75, 3.05) is 17.7 Å². The summed E-state index contributed by atoms with van der Waals surface area (Å²) in [5, 5.41) is 14.4. The van der Waals surface area contributed by atoms with E-state index in [2.05, 4.69) is 20.4 Å². The molecular weight excluding hydrogens is 268 g/mol. The number of nitrogens with zero attached hydrogens (tertiary/aromatic N) is 2. The molecule has 1 aromatic carbocycles. The number of aromatic nitrogens is 1. The van der Waals surface area contributed by atoms with Crippen LogP contribution in [0, 0.1) is 11.3 Å². The number of carbonyl (C=O) groups excluding carboxylic acids is 1. The van der Waals surface area contributed by atoms with Gasteiger partial charge in [-0.1, -0.05) is 12.1 Å². The van der Waals surface area contributed by atoms with Crippen molar-refractivity contribution in [3.05, 3.63) is 53.7 Å². The molecule has 1 amide bonds. The Labute approximate surface area is 122 Å². The van der Waals surface area contributed by atoms with Gasteiger partial charge in [-0.05, 0) is 29.8 Å². The first-order chi connectivity index (χ1) is 10.2. The maximum Gasteiger partial charge on any atom is 0.411 e. The molecule has 0 atom stereocenters. The highest BCUT2D eigenvalue weighted by Crippen LogP contribution is 2.12. The number of methoxy groups -OCH3 is 1. The van der Waals surface area contributed by atoms with E-state index in [1.807, 2.05) is 18.2 Å². The van der Waals surface area contributed by atoms with E-state index >= 15 is 0 Å². The summed E-state index contributed by atoms with van der Waals surface area (Å²) in [6.45, 7) is 0.595. The Bertz CT molecular complexity index is 645. The molecule has 0 saturated heterocycles. The van der Waals surface area contributed by atoms with Gasteiger partial charge >= 0.3 is 6.09 Å². The summed E-state index contributed by atoms with van der Waals surface area (Å²) in [5.41, 5.74) is 2.23. The van der Waals surface area contributed by atoms with Crippen molar-refractivity contribution >= 4 is 17.6 Å². The number of pyridine rings is 1. The van der Waals surface area contributed by atoms with Crippen LogP contribution in [-0.4, -0.2) is 18.2 Å². The van der Waals surface area contributed by atoms with Gasteiger partial charge in [0.1, 0.15) is 11.9 Å². The minimum atomic E-state index is -0.498. The van der Waals surface area contributed by atoms with Crippen LogP contribution >= 0.6 is 0 Å². The Morgan fingerprint density at radius 3 is 2.62 bits per heavy atom. The first kappa shape index (κ1) is 14.3. The Kier molecular flexibility index (Phi) is 4.72. The largest absolute Gasteiger partial charge is 0.453 e. The average molecular weight is 282 g/mol. The van der Waals surface area contributed by atoms with Crippen LogP contribution in [0.1, 0.15) is 11.1 Å². The van der Waals surface area contributed by atoms with Gasteiger partial charge in [0.2, 0.25) is 0 Å². The molecule has 21 heavy (non-hydrogen) atoms. The van der Waals surface area contributed by atoms with Gasteiger partial charge in [-0.3, -0.25) is 5.32 Å². The zero-order valence-electron chi connectivity index (χ0n) is 11.5. The lowest BCUT2D eigenvalue weighted by molar-refractivity contribution is 0.187. The van der Waals surface area contributed by atoms with Gasteiger partial charge in [-0.25, -0.2) is 9.78 Å². The predicted molar refractivity (Wildman–Crippen MR) is 78.7 cm³/mol. The zero-order chi connectivity index (χ0) is 15.1. The molecule has 2 aromatic rings. The molecule has 0 unspecified atom stereocenters. The van der Waals surface area contributed by atoms with Gasteiger partial charge in [-0.15, -0.1) is 0 Å². The Morgan fingerprint density at radius 2 is 2.05 bits per heavy atom. The SMILES string of the molecule is COC(=O)Nc1ccc(CNc2ccc(C#N)cn2)cc1. The van der Waals surface area contributed by atoms with Crippen LogP contribution in [0.5, 0.6) is 0 Å². The fourth-order valence-corrected chi connectivity index (χ4v) is 1.63. The molecule has 1 heterocycles. The fraction of sp³-hybridized carbons (Fsp3) is 0.133. The van der Waals surface area contributed by atoms with E-state index in [-0.39, 0.29) is 0 Å². The molecule has 0 aliphatic heterocycles. The average Bonchev–Trinajstić information content (AvgIpc) is 2.54. The third-order valence-corrected chi connectivity index (χ3v) is 2.75. The molecule has 2 N–H and O–H groups in total. The molecule has 106 valence electrons. The van der Waals surface area contributed by atoms with Gasteiger partial charge in [0.05, 0.1) is 12.7 Å². The fourth-order valence-electron chi connectivity index (χ4n) is 1.63. The van der Waals surface area contributed by atoms with E-state index in [4.69, 9.17) is 5.26 Å². The first-order valence-electron chi connectivity index (χ1n) is 6.25. The number of hydrogen-bond donors (Lipinski definition) is 2. The van der Waals surface area contributed by atoms with Crippen LogP contribution in [-0.2, 0) is 11.3 Å². The molecule has 0 saturated carbocycles. The predicted octanol–water partition coefficient (Wildman–Crippen LogP) is 2.74. The van der Waals surface area contributed by atoms with Crippen LogP contribution in [0.25, 0.3) is 0 Å². The van der Waals surface area contributed by atoms with E-state index in [1.54, 1.807) is 24.3 Å². The quantitative estimate of drug-likeness (QED) is 0.900. The van der Waals surface area contributed by atoms with Crippen molar-refractivity contribution in [1.82, 2.24) is 4.98 Å². The number of carbonyl (C=O) groups is 1. The second-order valence-corrected chi connectivity index (χ2v) is 4.21. The monoisotopic (exact) mass is 282 g/mol. The topological polar surface area (TPSA) is 87.0 Å². The number of nitriles is 1. The molecule has 0 aliphatic rings. The number of anilines is 2. The minimum absolute atomic E-state index is 0.498. The smallest absolute Gasteiger partial charge is 0.411 e. The van der Waals surface area contributed by atoms with Gasteiger partial charge in [-0.2, -0.15) is 5.26 Å². The van der Waals surface area contributed by atoms with Crippen molar-refractivity contribution in [3.63, 3.8) is 0 Å². The highest BCUT2D eigenvalue weighted by atomic mass is 16.5. The van der Waals surface area contributed by atoms with Crippen molar-refractivity contribution < 1.29 is 9.53 Å². The van der Waals surface area contributed by atoms with Crippen LogP contribution in [0.4, 0.5) is 16.3 Å². The Hall–Kier alpha value is -3.07. The minimum Gasteiger partial charge on any atom is -0.453 e. The summed E-state index contributed by atoms with van der Waals surface area (Å²) in [6.07, 6.45) is 1.02. The molecule has 2 rings (SSSR count). The van der Waals surface area contributed by atoms with Gasteiger partial charge in [0.15, 0.2) is 0 Å². The van der Waals surface area contributed by atoms with Crippen LogP contribution in [0.15, 0.2) is 42.6 Å². The van der Waals surface area contributed by atoms with Crippen molar-refractivity contribution in [3.8, 4) is 6.07 Å². The van der Waals surface area contributed by atoms with Crippen molar-refractivity contribution in [2.24, 2.45) is 0 Å². The summed E-state index contributed by atoms with van der Waals surface area (Å²) in [5.74, 6) is 0.700. The van der Waals surface area contributed by atoms with E-state index in [0.29, 0.717) is 23.6 Å². The van der Waals surface area contributed by atoms with E-state index < -0.39 is 6.09 Å². The number of rotatable bonds is 4. The lowest BCUT2D eigenvalue weighted by Crippen LogP contribution is -2.10. The number of ether oxygens (including phenoxy) is 1. The molecule has 0 radical (unpaired) electrons. The van der Waals surface area contributed by atoms with Crippen molar-refractivity contribution in [2.45, 2.75) is 6.54 Å². The highest BCUT2D eigenvalue weighted by molar-refractivity contribution is 5.84. The molecule has 1 aromatic heterocycles. The maximum atomic E-state index is 11.1. The molecule has 6 nitrogen and oxygen atoms in total. The standard InChI is InChI=1S/C15H14N4O2/c1-21-15(20)19-13-5-2-11(3-6-13)9-17-14-7-4-12(8-16)10-18-14/h2-7,10H,9H2,1H3,(H,17,18)(H,19,20). The van der Waals surface area contributed by atoms with Crippen LogP contribution < -0.4 is 10.6 Å². The van der Waals surface area contributed by atoms with Crippen LogP contribution in [0.3, 0.4) is 0 Å². The molecule has 0 bridgehead atoms. The first-order valence-corrected chi connectivity index (χ1v) is 6.25. The third kappa shape index (κ3) is 4.21. The normalized spacial score (nSPS) is 9.52. The van der Waals surface area contributed by atoms with Gasteiger partial charge in [0, 0.05) is 18.4 Å². The molecule has 0 fully saturated rings. The van der Waals surface area contributed by atoms with E-state index in [9.17, 15) is 4.79 Å². The number of benzene rings is 1. The van der Waals surface area contributed by atoms with Gasteiger partial charge in [0.25, 0.3) is 0 Å². The molecular formula is C15H14N4O2. The van der Waals surface area contributed by atoms with E-state index in [0.717, 1.165) is 5.56 Å². The van der Waals surface area contributed by atoms with Crippen molar-refractivity contribution in [1.29, 1.82) is 5.26 Å². The Morgan fingerprint density at radius 1 is 1.29 bits per heavy atom. The van der Waals surface area contributed by atoms with Gasteiger partial charge < -0.3 is 10.1 Å². The molecule has 6 heteroatoms. The number of hydrogen-bond acceptors (Lipinski definition) is 5. The second kappa shape index (κ2) is 6.91. The highest BCUT2D eigenvalue weighted by Gasteiger charge is 2.01. The summed E-state index contributed by atoms with van der Waals surface area (Å²) < 4.78 is 4.52. The summed E-state index contributed by atoms with van der Waals surface area (Å²) in [4.78, 5) is 15.2. The summed E-state index contributed by atoms with van der Waals surface area (Å²) in [6, 6.07) is 12.8. The van der Waals surface area contributed by atoms with Crippen LogP contribution in [0.2, 0.25) is 0 Å². The maximum absolute atomic E-state index is 11.1. The zero-order valence-corrected chi connectivity index (χ0v) is 11.5. The number of nitrogens with one attached hydrogen (secondary N) is 2. The molecule has 0 spiro atoms. The molecule has 0 aliphatic carbocycles. The third-order valence-electron chi connectivity index (χ3n) is 2.75. The Balaban J connectivity index is 1.91. The van der Waals surface area contributed by atoms with E-state index in [1.165, 1.54) is 13.3 Å². The lowest BCUT2D eigenvalue weighted by atomic mass is 10.2. The lowest BCUT2D eigenvalue weighted by Gasteiger charge is -2.07. The summed E-state index contributed by atoms with van der Waals surface area (Å²) in [7, 11) is 1.32. The number of amides is 1.